The van der Waals surface area contributed by atoms with Gasteiger partial charge >= 0.3 is 0 Å². The van der Waals surface area contributed by atoms with E-state index < -0.39 is 0 Å². The fourth-order valence-corrected chi connectivity index (χ4v) is 1.02. The molecule has 0 heterocycles. The van der Waals surface area contributed by atoms with Crippen molar-refractivity contribution < 1.29 is 9.53 Å². The molecule has 1 aromatic rings. The van der Waals surface area contributed by atoms with Crippen molar-refractivity contribution in [3.63, 3.8) is 0 Å². The Morgan fingerprint density at radius 1 is 1.26 bits per heavy atom. The molecule has 0 bridgehead atoms. The number of nitrogens with zero attached hydrogens (tertiary/aromatic N) is 1. The van der Waals surface area contributed by atoms with Crippen molar-refractivity contribution >= 4 is 29.2 Å². The number of hydrogen-bond acceptors (Lipinski definition) is 5. The topological polar surface area (TPSA) is 155 Å². The molecule has 8 nitrogen and oxygen atoms in total. The third-order valence-electron chi connectivity index (χ3n) is 1.74. The van der Waals surface area contributed by atoms with Crippen molar-refractivity contribution in [2.75, 3.05) is 7.11 Å². The first-order chi connectivity index (χ1) is 8.90. The minimum Gasteiger partial charge on any atom is -0.497 e. The number of benzene rings is 1. The summed E-state index contributed by atoms with van der Waals surface area (Å²) in [5, 5.41) is 5.15. The lowest BCUT2D eigenvalue weighted by atomic mass is 10.2. The fourth-order valence-electron chi connectivity index (χ4n) is 0.926. The minimum atomic E-state index is -0.319. The Morgan fingerprint density at radius 3 is 2.05 bits per heavy atom. The zero-order valence-corrected chi connectivity index (χ0v) is 11.1. The van der Waals surface area contributed by atoms with Gasteiger partial charge in [-0.15, -0.1) is 5.10 Å². The van der Waals surface area contributed by atoms with Gasteiger partial charge in [0.05, 0.1) is 7.11 Å². The number of carbonyl (C=O) groups excluding carboxylic acids is 1. The van der Waals surface area contributed by atoms with Gasteiger partial charge in [0.15, 0.2) is 5.11 Å². The quantitative estimate of drug-likeness (QED) is 0.150. The van der Waals surface area contributed by atoms with E-state index in [1.54, 1.807) is 31.4 Å². The predicted molar refractivity (Wildman–Crippen MR) is 77.2 cm³/mol. The standard InChI is InChI=1S/C9H10N2O2S.CH6N4/c1-13-7-4-2-6(3-5-7)8(12)11-9(10)14;2-1(3)5-4/h2-5H,1H3,(H3,10,11,12,14);4H2,(H4,2,3,5). The molecule has 0 saturated carbocycles. The highest BCUT2D eigenvalue weighted by Gasteiger charge is 2.05. The number of guanidine groups is 1. The number of ether oxygens (including phenoxy) is 1. The van der Waals surface area contributed by atoms with Crippen LogP contribution >= 0.6 is 12.2 Å². The normalized spacial score (nSPS) is 8.47. The molecule has 1 rings (SSSR count). The molecule has 0 radical (unpaired) electrons. The van der Waals surface area contributed by atoms with Gasteiger partial charge in [0.1, 0.15) is 5.75 Å². The summed E-state index contributed by atoms with van der Waals surface area (Å²) in [6.07, 6.45) is 0. The Hall–Kier alpha value is -2.55. The van der Waals surface area contributed by atoms with Crippen LogP contribution in [0, 0.1) is 0 Å². The maximum absolute atomic E-state index is 11.3. The van der Waals surface area contributed by atoms with E-state index in [0.717, 1.165) is 0 Å². The molecule has 9 heteroatoms. The summed E-state index contributed by atoms with van der Waals surface area (Å²) >= 11 is 4.54. The molecular formula is C10H16N6O2S. The highest BCUT2D eigenvalue weighted by Crippen LogP contribution is 2.10. The van der Waals surface area contributed by atoms with Gasteiger partial charge in [-0.1, -0.05) is 0 Å². The maximum atomic E-state index is 11.3. The van der Waals surface area contributed by atoms with Crippen LogP contribution in [-0.4, -0.2) is 24.1 Å². The molecule has 9 N–H and O–H groups in total. The second kappa shape index (κ2) is 8.53. The summed E-state index contributed by atoms with van der Waals surface area (Å²) in [6.45, 7) is 0. The second-order valence-corrected chi connectivity index (χ2v) is 3.54. The van der Waals surface area contributed by atoms with Crippen molar-refractivity contribution in [1.29, 1.82) is 0 Å². The van der Waals surface area contributed by atoms with Gasteiger partial charge < -0.3 is 27.8 Å². The van der Waals surface area contributed by atoms with E-state index in [1.165, 1.54) is 0 Å². The molecule has 1 amide bonds. The Labute approximate surface area is 115 Å². The minimum absolute atomic E-state index is 0.0363. The molecule has 1 aromatic carbocycles. The van der Waals surface area contributed by atoms with Crippen molar-refractivity contribution in [3.8, 4) is 5.75 Å². The van der Waals surface area contributed by atoms with Crippen LogP contribution < -0.4 is 33.1 Å². The highest BCUT2D eigenvalue weighted by molar-refractivity contribution is 7.80. The van der Waals surface area contributed by atoms with Gasteiger partial charge in [-0.3, -0.25) is 10.1 Å². The second-order valence-electron chi connectivity index (χ2n) is 3.10. The van der Waals surface area contributed by atoms with Crippen LogP contribution in [0.4, 0.5) is 0 Å². The van der Waals surface area contributed by atoms with Crippen molar-refractivity contribution in [2.24, 2.45) is 28.1 Å². The molecule has 0 fully saturated rings. The van der Waals surface area contributed by atoms with E-state index in [1.807, 2.05) is 0 Å². The summed E-state index contributed by atoms with van der Waals surface area (Å²) in [4.78, 5) is 11.3. The number of amides is 1. The van der Waals surface area contributed by atoms with Crippen molar-refractivity contribution in [3.05, 3.63) is 29.8 Å². The number of rotatable bonds is 2. The third kappa shape index (κ3) is 7.39. The van der Waals surface area contributed by atoms with Crippen LogP contribution in [0.3, 0.4) is 0 Å². The molecule has 0 aliphatic heterocycles. The summed E-state index contributed by atoms with van der Waals surface area (Å²) in [5.74, 6) is 4.79. The summed E-state index contributed by atoms with van der Waals surface area (Å²) in [5.41, 5.74) is 15.0. The van der Waals surface area contributed by atoms with E-state index in [2.05, 4.69) is 28.5 Å². The van der Waals surface area contributed by atoms with Gasteiger partial charge in [-0.05, 0) is 36.5 Å². The molecule has 0 aliphatic carbocycles. The van der Waals surface area contributed by atoms with E-state index in [0.29, 0.717) is 11.3 Å². The SMILES string of the molecule is COc1ccc(C(=O)NC(N)=S)cc1.NN=C(N)N. The number of nitrogens with one attached hydrogen (secondary N) is 1. The molecular weight excluding hydrogens is 268 g/mol. The van der Waals surface area contributed by atoms with Crippen LogP contribution in [0.25, 0.3) is 0 Å². The number of methoxy groups -OCH3 is 1. The van der Waals surface area contributed by atoms with Crippen LogP contribution in [0.15, 0.2) is 29.4 Å². The smallest absolute Gasteiger partial charge is 0.257 e. The number of nitrogens with two attached hydrogens (primary N) is 4. The Morgan fingerprint density at radius 2 is 1.74 bits per heavy atom. The zero-order valence-electron chi connectivity index (χ0n) is 10.3. The number of hydrazone groups is 1. The lowest BCUT2D eigenvalue weighted by Crippen LogP contribution is -2.34. The predicted octanol–water partition coefficient (Wildman–Crippen LogP) is -1.20. The largest absolute Gasteiger partial charge is 0.497 e. The van der Waals surface area contributed by atoms with Crippen molar-refractivity contribution in [2.45, 2.75) is 0 Å². The Kier molecular flexibility index (Phi) is 7.38. The van der Waals surface area contributed by atoms with E-state index in [9.17, 15) is 4.79 Å². The zero-order chi connectivity index (χ0) is 14.8. The van der Waals surface area contributed by atoms with E-state index >= 15 is 0 Å². The van der Waals surface area contributed by atoms with Gasteiger partial charge in [-0.25, -0.2) is 0 Å². The molecule has 0 atom stereocenters. The van der Waals surface area contributed by atoms with E-state index in [4.69, 9.17) is 21.9 Å². The molecule has 19 heavy (non-hydrogen) atoms. The van der Waals surface area contributed by atoms with Gasteiger partial charge in [0, 0.05) is 5.56 Å². The number of hydrogen-bond donors (Lipinski definition) is 5. The summed E-state index contributed by atoms with van der Waals surface area (Å²) < 4.78 is 4.95. The first kappa shape index (κ1) is 16.4. The first-order valence-electron chi connectivity index (χ1n) is 4.94. The van der Waals surface area contributed by atoms with Crippen LogP contribution in [0.2, 0.25) is 0 Å². The maximum Gasteiger partial charge on any atom is 0.257 e. The molecule has 0 saturated heterocycles. The average molecular weight is 284 g/mol. The van der Waals surface area contributed by atoms with Crippen LogP contribution in [0.1, 0.15) is 10.4 Å². The first-order valence-corrected chi connectivity index (χ1v) is 5.35. The lowest BCUT2D eigenvalue weighted by Gasteiger charge is -2.03. The highest BCUT2D eigenvalue weighted by atomic mass is 32.1. The lowest BCUT2D eigenvalue weighted by molar-refractivity contribution is 0.0977. The van der Waals surface area contributed by atoms with Crippen LogP contribution in [-0.2, 0) is 0 Å². The summed E-state index contributed by atoms with van der Waals surface area (Å²) in [7, 11) is 1.56. The molecule has 0 aliphatic rings. The number of carbonyl (C=O) groups is 1. The molecule has 104 valence electrons. The Bertz CT molecular complexity index is 456. The van der Waals surface area contributed by atoms with Gasteiger partial charge in [-0.2, -0.15) is 0 Å². The van der Waals surface area contributed by atoms with Gasteiger partial charge in [0.2, 0.25) is 5.96 Å². The monoisotopic (exact) mass is 284 g/mol. The summed E-state index contributed by atoms with van der Waals surface area (Å²) in [6, 6.07) is 6.64. The Balaban J connectivity index is 0.000000555. The molecule has 0 spiro atoms. The van der Waals surface area contributed by atoms with Crippen LogP contribution in [0.5, 0.6) is 5.75 Å². The fraction of sp³-hybridized carbons (Fsp3) is 0.100. The number of thiocarbonyl (C=S) groups is 1. The van der Waals surface area contributed by atoms with E-state index in [-0.39, 0.29) is 17.0 Å². The average Bonchev–Trinajstić information content (AvgIpc) is 2.38. The van der Waals surface area contributed by atoms with Crippen molar-refractivity contribution in [1.82, 2.24) is 5.32 Å². The molecule has 0 unspecified atom stereocenters. The molecule has 0 aromatic heterocycles. The van der Waals surface area contributed by atoms with Gasteiger partial charge in [0.25, 0.3) is 5.91 Å². The third-order valence-corrected chi connectivity index (χ3v) is 1.84.